The van der Waals surface area contributed by atoms with E-state index >= 15 is 0 Å². The number of carbonyl (C=O) groups is 1. The Hall–Kier alpha value is -0.420. The van der Waals surface area contributed by atoms with Gasteiger partial charge in [0.1, 0.15) is 6.04 Å². The maximum Gasteiger partial charge on any atom is 0.324 e. The molecule has 6 heteroatoms. The molecule has 0 radical (unpaired) electrons. The van der Waals surface area contributed by atoms with E-state index in [1.54, 1.807) is 12.1 Å². The average Bonchev–Trinajstić information content (AvgIpc) is 3.22. The molecule has 1 N–H and O–H groups in total. The maximum atomic E-state index is 11.9. The molecule has 1 aromatic carbocycles. The smallest absolute Gasteiger partial charge is 0.324 e. The molecular formula is C14H17Cl2NO2S. The second-order valence-electron chi connectivity index (χ2n) is 4.63. The second-order valence-corrected chi connectivity index (χ2v) is 6.54. The Labute approximate surface area is 133 Å². The van der Waals surface area contributed by atoms with Crippen LogP contribution >= 0.6 is 35.0 Å². The number of rotatable bonds is 7. The lowest BCUT2D eigenvalue weighted by Gasteiger charge is -2.17. The number of hydrogen-bond donors (Lipinski definition) is 1. The molecule has 0 bridgehead atoms. The van der Waals surface area contributed by atoms with E-state index < -0.39 is 0 Å². The minimum absolute atomic E-state index is 0.204. The molecule has 3 nitrogen and oxygen atoms in total. The van der Waals surface area contributed by atoms with E-state index in [4.69, 9.17) is 27.9 Å². The summed E-state index contributed by atoms with van der Waals surface area (Å²) in [6.07, 6.45) is 2.25. The standard InChI is InChI=1S/C14H17Cl2NO2S/c1-2-19-14(18)12(17-10-4-5-10)8-20-13-7-9(15)3-6-11(13)16/h3,6-7,10,12,17H,2,4-5,8H2,1H3. The van der Waals surface area contributed by atoms with Crippen LogP contribution in [-0.4, -0.2) is 30.4 Å². The Morgan fingerprint density at radius 2 is 2.25 bits per heavy atom. The van der Waals surface area contributed by atoms with Crippen molar-refractivity contribution in [1.82, 2.24) is 5.32 Å². The van der Waals surface area contributed by atoms with Gasteiger partial charge in [-0.25, -0.2) is 0 Å². The average molecular weight is 334 g/mol. The van der Waals surface area contributed by atoms with Crippen LogP contribution in [0.2, 0.25) is 10.0 Å². The first kappa shape index (κ1) is 16.0. The Balaban J connectivity index is 1.96. The van der Waals surface area contributed by atoms with Crippen molar-refractivity contribution in [1.29, 1.82) is 0 Å². The maximum absolute atomic E-state index is 11.9. The highest BCUT2D eigenvalue weighted by Crippen LogP contribution is 2.31. The van der Waals surface area contributed by atoms with Gasteiger partial charge in [-0.2, -0.15) is 0 Å². The molecule has 0 aliphatic heterocycles. The van der Waals surface area contributed by atoms with E-state index in [0.717, 1.165) is 17.7 Å². The SMILES string of the molecule is CCOC(=O)C(CSc1cc(Cl)ccc1Cl)NC1CC1. The van der Waals surface area contributed by atoms with Gasteiger partial charge in [0.2, 0.25) is 0 Å². The molecule has 1 atom stereocenters. The molecule has 1 fully saturated rings. The molecule has 2 rings (SSSR count). The molecule has 1 aromatic rings. The molecular weight excluding hydrogens is 317 g/mol. The molecule has 0 aromatic heterocycles. The monoisotopic (exact) mass is 333 g/mol. The van der Waals surface area contributed by atoms with Gasteiger partial charge >= 0.3 is 5.97 Å². The van der Waals surface area contributed by atoms with Crippen LogP contribution in [0.15, 0.2) is 23.1 Å². The Bertz CT molecular complexity index is 480. The Morgan fingerprint density at radius 3 is 2.90 bits per heavy atom. The number of carbonyl (C=O) groups excluding carboxylic acids is 1. The predicted octanol–water partition coefficient (Wildman–Crippen LogP) is 3.77. The summed E-state index contributed by atoms with van der Waals surface area (Å²) in [6, 6.07) is 5.47. The van der Waals surface area contributed by atoms with Gasteiger partial charge in [-0.3, -0.25) is 4.79 Å². The highest BCUT2D eigenvalue weighted by Gasteiger charge is 2.29. The zero-order chi connectivity index (χ0) is 14.5. The Morgan fingerprint density at radius 1 is 1.50 bits per heavy atom. The first-order chi connectivity index (χ1) is 9.60. The summed E-state index contributed by atoms with van der Waals surface area (Å²) in [6.45, 7) is 2.21. The van der Waals surface area contributed by atoms with Crippen molar-refractivity contribution in [3.05, 3.63) is 28.2 Å². The first-order valence-corrected chi connectivity index (χ1v) is 8.35. The summed E-state index contributed by atoms with van der Waals surface area (Å²) in [7, 11) is 0. The van der Waals surface area contributed by atoms with Gasteiger partial charge < -0.3 is 10.1 Å². The number of thioether (sulfide) groups is 1. The molecule has 0 heterocycles. The molecule has 110 valence electrons. The number of esters is 1. The molecule has 1 aliphatic carbocycles. The number of benzene rings is 1. The van der Waals surface area contributed by atoms with E-state index in [9.17, 15) is 4.79 Å². The summed E-state index contributed by atoms with van der Waals surface area (Å²) >= 11 is 13.6. The van der Waals surface area contributed by atoms with Crippen LogP contribution < -0.4 is 5.32 Å². The van der Waals surface area contributed by atoms with Crippen LogP contribution in [0.4, 0.5) is 0 Å². The van der Waals surface area contributed by atoms with Crippen molar-refractivity contribution >= 4 is 40.9 Å². The molecule has 0 spiro atoms. The highest BCUT2D eigenvalue weighted by molar-refractivity contribution is 7.99. The second kappa shape index (κ2) is 7.55. The minimum Gasteiger partial charge on any atom is -0.465 e. The number of hydrogen-bond acceptors (Lipinski definition) is 4. The van der Waals surface area contributed by atoms with E-state index in [1.807, 2.05) is 13.0 Å². The molecule has 0 amide bonds. The van der Waals surface area contributed by atoms with E-state index in [1.165, 1.54) is 11.8 Å². The highest BCUT2D eigenvalue weighted by atomic mass is 35.5. The van der Waals surface area contributed by atoms with Crippen LogP contribution in [0.3, 0.4) is 0 Å². The van der Waals surface area contributed by atoms with Crippen LogP contribution in [0.1, 0.15) is 19.8 Å². The van der Waals surface area contributed by atoms with Gasteiger partial charge in [-0.15, -0.1) is 11.8 Å². The van der Waals surface area contributed by atoms with Crippen molar-refractivity contribution < 1.29 is 9.53 Å². The third-order valence-electron chi connectivity index (χ3n) is 2.88. The van der Waals surface area contributed by atoms with Crippen LogP contribution in [0, 0.1) is 0 Å². The van der Waals surface area contributed by atoms with Gasteiger partial charge in [0.05, 0.1) is 11.6 Å². The molecule has 20 heavy (non-hydrogen) atoms. The third-order valence-corrected chi connectivity index (χ3v) is 4.71. The fraction of sp³-hybridized carbons (Fsp3) is 0.500. The number of ether oxygens (including phenoxy) is 1. The predicted molar refractivity (Wildman–Crippen MR) is 83.8 cm³/mol. The normalized spacial score (nSPS) is 15.9. The lowest BCUT2D eigenvalue weighted by molar-refractivity contribution is -0.145. The zero-order valence-electron chi connectivity index (χ0n) is 11.2. The van der Waals surface area contributed by atoms with Gasteiger partial charge in [-0.05, 0) is 38.0 Å². The topological polar surface area (TPSA) is 38.3 Å². The lowest BCUT2D eigenvalue weighted by atomic mass is 10.3. The van der Waals surface area contributed by atoms with Gasteiger partial charge in [0, 0.05) is 21.7 Å². The minimum atomic E-state index is -0.303. The van der Waals surface area contributed by atoms with E-state index in [2.05, 4.69) is 5.32 Å². The number of halogens is 2. The quantitative estimate of drug-likeness (QED) is 0.608. The summed E-state index contributed by atoms with van der Waals surface area (Å²) in [4.78, 5) is 12.8. The van der Waals surface area contributed by atoms with Gasteiger partial charge in [0.25, 0.3) is 0 Å². The van der Waals surface area contributed by atoms with Crippen molar-refractivity contribution in [2.75, 3.05) is 12.4 Å². The van der Waals surface area contributed by atoms with Crippen molar-refractivity contribution in [2.24, 2.45) is 0 Å². The summed E-state index contributed by atoms with van der Waals surface area (Å²) in [5, 5.41) is 4.59. The van der Waals surface area contributed by atoms with E-state index in [0.29, 0.717) is 28.4 Å². The van der Waals surface area contributed by atoms with Crippen molar-refractivity contribution in [3.8, 4) is 0 Å². The largest absolute Gasteiger partial charge is 0.465 e. The molecule has 1 saturated carbocycles. The van der Waals surface area contributed by atoms with Gasteiger partial charge in [-0.1, -0.05) is 23.2 Å². The first-order valence-electron chi connectivity index (χ1n) is 6.60. The van der Waals surface area contributed by atoms with Crippen molar-refractivity contribution in [2.45, 2.75) is 36.7 Å². The van der Waals surface area contributed by atoms with E-state index in [-0.39, 0.29) is 12.0 Å². The zero-order valence-corrected chi connectivity index (χ0v) is 13.5. The van der Waals surface area contributed by atoms with Gasteiger partial charge in [0.15, 0.2) is 0 Å². The van der Waals surface area contributed by atoms with Crippen LogP contribution in [-0.2, 0) is 9.53 Å². The number of nitrogens with one attached hydrogen (secondary N) is 1. The summed E-state index contributed by atoms with van der Waals surface area (Å²) in [5.41, 5.74) is 0. The van der Waals surface area contributed by atoms with Crippen molar-refractivity contribution in [3.63, 3.8) is 0 Å². The van der Waals surface area contributed by atoms with Crippen LogP contribution in [0.25, 0.3) is 0 Å². The Kier molecular flexibility index (Phi) is 6.02. The molecule has 0 saturated heterocycles. The fourth-order valence-electron chi connectivity index (χ4n) is 1.72. The molecule has 1 unspecified atom stereocenters. The fourth-order valence-corrected chi connectivity index (χ4v) is 3.24. The molecule has 1 aliphatic rings. The van der Waals surface area contributed by atoms with Crippen LogP contribution in [0.5, 0.6) is 0 Å². The summed E-state index contributed by atoms with van der Waals surface area (Å²) in [5.74, 6) is 0.375. The lowest BCUT2D eigenvalue weighted by Crippen LogP contribution is -2.41. The summed E-state index contributed by atoms with van der Waals surface area (Å²) < 4.78 is 5.10. The third kappa shape index (κ3) is 4.85.